The Kier molecular flexibility index (Phi) is 3.57. The highest BCUT2D eigenvalue weighted by atomic mass is 35.5. The first-order chi connectivity index (χ1) is 8.08. The lowest BCUT2D eigenvalue weighted by Gasteiger charge is -2.36. The molecule has 0 heterocycles. The molecule has 2 aliphatic carbocycles. The minimum absolute atomic E-state index is 0.151. The topological polar surface area (TPSA) is 60.4 Å². The first-order valence-corrected chi connectivity index (χ1v) is 6.98. The van der Waals surface area contributed by atoms with Crippen molar-refractivity contribution in [2.75, 3.05) is 6.61 Å². The average Bonchev–Trinajstić information content (AvgIpc) is 2.48. The minimum Gasteiger partial charge on any atom is -0.550 e. The van der Waals surface area contributed by atoms with Crippen LogP contribution in [0.3, 0.4) is 0 Å². The van der Waals surface area contributed by atoms with Crippen molar-refractivity contribution in [3.8, 4) is 0 Å². The molecule has 0 aromatic carbocycles. The maximum Gasteiger partial charge on any atom is 0.167 e. The molecule has 0 amide bonds. The molecular weight excluding hydrogens is 369 g/mol. The van der Waals surface area contributed by atoms with Crippen LogP contribution in [-0.2, 0) is 4.79 Å². The van der Waals surface area contributed by atoms with Gasteiger partial charge in [0.15, 0.2) is 4.33 Å². The highest BCUT2D eigenvalue weighted by molar-refractivity contribution is 6.66. The van der Waals surface area contributed by atoms with Gasteiger partial charge in [-0.2, -0.15) is 0 Å². The second-order valence-corrected chi connectivity index (χ2v) is 7.49. The van der Waals surface area contributed by atoms with Gasteiger partial charge in [0.2, 0.25) is 0 Å². The number of rotatable bonds is 2. The largest absolute Gasteiger partial charge is 0.550 e. The molecule has 2 bridgehead atoms. The van der Waals surface area contributed by atoms with Crippen molar-refractivity contribution in [1.29, 1.82) is 0 Å². The first kappa shape index (κ1) is 15.3. The second-order valence-electron chi connectivity index (χ2n) is 4.21. The fraction of sp³-hybridized carbons (Fsp3) is 0.667. The fourth-order valence-corrected chi connectivity index (χ4v) is 5.65. The molecule has 2 unspecified atom stereocenters. The van der Waals surface area contributed by atoms with Gasteiger partial charge in [-0.15, -0.1) is 23.2 Å². The van der Waals surface area contributed by atoms with Gasteiger partial charge < -0.3 is 15.0 Å². The summed E-state index contributed by atoms with van der Waals surface area (Å²) in [7, 11) is 0. The summed E-state index contributed by atoms with van der Waals surface area (Å²) in [5.41, 5.74) is 0. The zero-order valence-electron chi connectivity index (χ0n) is 8.39. The zero-order valence-corrected chi connectivity index (χ0v) is 12.9. The van der Waals surface area contributed by atoms with Gasteiger partial charge in [0.1, 0.15) is 9.75 Å². The summed E-state index contributed by atoms with van der Waals surface area (Å²) in [6, 6.07) is 0. The summed E-state index contributed by atoms with van der Waals surface area (Å²) >= 11 is 36.5. The molecule has 0 spiro atoms. The van der Waals surface area contributed by atoms with Crippen molar-refractivity contribution in [3.05, 3.63) is 10.1 Å². The molecule has 0 aromatic heterocycles. The molecule has 3 nitrogen and oxygen atoms in total. The number of carboxylic acid groups (broad SMARTS) is 1. The number of fused-ring (bicyclic) bond motifs is 2. The Labute approximate surface area is 133 Å². The molecular formula is C9H5Cl6O3-. The minimum atomic E-state index is -1.98. The van der Waals surface area contributed by atoms with Crippen molar-refractivity contribution < 1.29 is 15.0 Å². The van der Waals surface area contributed by atoms with Crippen LogP contribution >= 0.6 is 69.6 Å². The highest BCUT2D eigenvalue weighted by Crippen LogP contribution is 2.75. The molecule has 18 heavy (non-hydrogen) atoms. The van der Waals surface area contributed by atoms with Gasteiger partial charge in [-0.3, -0.25) is 0 Å². The van der Waals surface area contributed by atoms with E-state index in [9.17, 15) is 15.0 Å². The smallest absolute Gasteiger partial charge is 0.167 e. The molecule has 2 aliphatic rings. The predicted octanol–water partition coefficient (Wildman–Crippen LogP) is 1.81. The number of aliphatic carboxylic acids is 1. The molecule has 1 N–H and O–H groups in total. The summed E-state index contributed by atoms with van der Waals surface area (Å²) in [5.74, 6) is -4.11. The molecule has 0 radical (unpaired) electrons. The van der Waals surface area contributed by atoms with Crippen molar-refractivity contribution in [2.24, 2.45) is 11.8 Å². The molecule has 1 fully saturated rings. The molecule has 102 valence electrons. The second kappa shape index (κ2) is 4.20. The number of aliphatic hydroxyl groups is 1. The number of allylic oxidation sites excluding steroid dienone is 2. The third kappa shape index (κ3) is 1.32. The molecule has 2 rings (SSSR count). The van der Waals surface area contributed by atoms with Gasteiger partial charge in [-0.25, -0.2) is 0 Å². The van der Waals surface area contributed by atoms with Gasteiger partial charge in [0.05, 0.1) is 10.1 Å². The van der Waals surface area contributed by atoms with Crippen molar-refractivity contribution >= 4 is 75.6 Å². The number of hydrogen-bond donors (Lipinski definition) is 1. The number of aliphatic hydroxyl groups excluding tert-OH is 1. The van der Waals surface area contributed by atoms with Crippen LogP contribution in [0.5, 0.6) is 0 Å². The predicted molar refractivity (Wildman–Crippen MR) is 69.4 cm³/mol. The normalized spacial score (nSPS) is 45.7. The summed E-state index contributed by atoms with van der Waals surface area (Å²) in [5, 5.41) is 20.2. The van der Waals surface area contributed by atoms with Crippen molar-refractivity contribution in [2.45, 2.75) is 14.1 Å². The number of carbonyl (C=O) groups is 1. The van der Waals surface area contributed by atoms with Crippen LogP contribution in [0.25, 0.3) is 0 Å². The quantitative estimate of drug-likeness (QED) is 0.751. The SMILES string of the molecule is O=C([O-])C1C(CO)[C@]2(Cl)C(Cl)=C(Cl)[C@@]1(Cl)C2(Cl)Cl. The standard InChI is InChI=1S/C9H6Cl6O3/c10-4-5(11)8(13)3(6(17)18)2(1-16)7(4,12)9(8,14)15/h2-3,16H,1H2,(H,17,18)/p-1/t2?,3?,7-,8+/m0/s1. The highest BCUT2D eigenvalue weighted by Gasteiger charge is 2.82. The maximum atomic E-state index is 11.2. The Bertz CT molecular complexity index is 463. The van der Waals surface area contributed by atoms with Crippen LogP contribution in [0.1, 0.15) is 0 Å². The number of alkyl halides is 4. The van der Waals surface area contributed by atoms with Crippen LogP contribution in [0.4, 0.5) is 0 Å². The van der Waals surface area contributed by atoms with Gasteiger partial charge >= 0.3 is 0 Å². The lowest BCUT2D eigenvalue weighted by atomic mass is 9.82. The molecule has 0 saturated heterocycles. The van der Waals surface area contributed by atoms with E-state index in [4.69, 9.17) is 69.6 Å². The monoisotopic (exact) mass is 371 g/mol. The molecule has 9 heteroatoms. The molecule has 0 aliphatic heterocycles. The Hall–Kier alpha value is 0.910. The van der Waals surface area contributed by atoms with Gasteiger partial charge in [0.25, 0.3) is 0 Å². The van der Waals surface area contributed by atoms with E-state index < -0.39 is 38.5 Å². The van der Waals surface area contributed by atoms with Crippen LogP contribution in [0, 0.1) is 11.8 Å². The maximum absolute atomic E-state index is 11.2. The Morgan fingerprint density at radius 2 is 1.61 bits per heavy atom. The molecule has 4 atom stereocenters. The number of hydrogen-bond acceptors (Lipinski definition) is 3. The van der Waals surface area contributed by atoms with Gasteiger partial charge in [-0.05, 0) is 0 Å². The molecule has 1 saturated carbocycles. The van der Waals surface area contributed by atoms with Gasteiger partial charge in [0, 0.05) is 24.4 Å². The van der Waals surface area contributed by atoms with Crippen molar-refractivity contribution in [3.63, 3.8) is 0 Å². The zero-order chi connectivity index (χ0) is 14.1. The average molecular weight is 374 g/mol. The van der Waals surface area contributed by atoms with Crippen LogP contribution in [0.15, 0.2) is 10.1 Å². The Morgan fingerprint density at radius 1 is 1.17 bits per heavy atom. The Morgan fingerprint density at radius 3 is 2.00 bits per heavy atom. The van der Waals surface area contributed by atoms with Crippen molar-refractivity contribution in [1.82, 2.24) is 0 Å². The van der Waals surface area contributed by atoms with Crippen LogP contribution in [0.2, 0.25) is 0 Å². The summed E-state index contributed by atoms with van der Waals surface area (Å²) < 4.78 is -1.98. The fourth-order valence-electron chi connectivity index (χ4n) is 2.65. The molecule has 0 aromatic rings. The summed E-state index contributed by atoms with van der Waals surface area (Å²) in [6.45, 7) is -0.627. The van der Waals surface area contributed by atoms with E-state index >= 15 is 0 Å². The first-order valence-electron chi connectivity index (χ1n) is 4.72. The third-order valence-electron chi connectivity index (χ3n) is 3.54. The van der Waals surface area contributed by atoms with E-state index in [-0.39, 0.29) is 10.1 Å². The summed E-state index contributed by atoms with van der Waals surface area (Å²) in [4.78, 5) is 7.55. The van der Waals surface area contributed by atoms with Gasteiger partial charge in [-0.1, -0.05) is 46.4 Å². The van der Waals surface area contributed by atoms with E-state index in [1.807, 2.05) is 0 Å². The van der Waals surface area contributed by atoms with E-state index in [1.165, 1.54) is 0 Å². The number of halogens is 6. The summed E-state index contributed by atoms with van der Waals surface area (Å²) in [6.07, 6.45) is 0. The van der Waals surface area contributed by atoms with Crippen LogP contribution < -0.4 is 5.11 Å². The van der Waals surface area contributed by atoms with Crippen LogP contribution in [-0.4, -0.2) is 31.8 Å². The lowest BCUT2D eigenvalue weighted by Crippen LogP contribution is -2.49. The van der Waals surface area contributed by atoms with E-state index in [2.05, 4.69) is 0 Å². The number of carboxylic acids is 1. The third-order valence-corrected chi connectivity index (χ3v) is 7.84. The van der Waals surface area contributed by atoms with E-state index in [0.717, 1.165) is 0 Å². The lowest BCUT2D eigenvalue weighted by molar-refractivity contribution is -0.313. The van der Waals surface area contributed by atoms with E-state index in [0.29, 0.717) is 0 Å². The number of carbonyl (C=O) groups excluding carboxylic acids is 1. The van der Waals surface area contributed by atoms with E-state index in [1.54, 1.807) is 0 Å². The Balaban J connectivity index is 2.77.